The van der Waals surface area contributed by atoms with Gasteiger partial charge in [-0.3, -0.25) is 4.98 Å². The van der Waals surface area contributed by atoms with Crippen molar-refractivity contribution in [1.82, 2.24) is 4.98 Å². The highest BCUT2D eigenvalue weighted by molar-refractivity contribution is 5.18. The van der Waals surface area contributed by atoms with E-state index in [1.807, 2.05) is 24.3 Å². The van der Waals surface area contributed by atoms with E-state index in [9.17, 15) is 4.39 Å². The Kier molecular flexibility index (Phi) is 3.83. The van der Waals surface area contributed by atoms with Crippen molar-refractivity contribution >= 4 is 0 Å². The Morgan fingerprint density at radius 3 is 2.71 bits per heavy atom. The molecule has 1 aromatic carbocycles. The number of rotatable bonds is 4. The monoisotopic (exact) mass is 230 g/mol. The topological polar surface area (TPSA) is 38.9 Å². The summed E-state index contributed by atoms with van der Waals surface area (Å²) in [7, 11) is 0. The molecule has 0 aliphatic rings. The summed E-state index contributed by atoms with van der Waals surface area (Å²) in [6, 6.07) is 12.3. The zero-order chi connectivity index (χ0) is 12.1. The first-order valence-corrected chi connectivity index (χ1v) is 5.64. The maximum absolute atomic E-state index is 13.0. The van der Waals surface area contributed by atoms with E-state index in [0.717, 1.165) is 11.3 Å². The first kappa shape index (κ1) is 11.7. The van der Waals surface area contributed by atoms with Gasteiger partial charge >= 0.3 is 0 Å². The minimum Gasteiger partial charge on any atom is -0.327 e. The first-order chi connectivity index (χ1) is 8.24. The van der Waals surface area contributed by atoms with Gasteiger partial charge in [-0.05, 0) is 36.2 Å². The number of halogens is 1. The molecule has 0 aliphatic heterocycles. The zero-order valence-corrected chi connectivity index (χ0v) is 9.51. The molecule has 88 valence electrons. The molecule has 0 amide bonds. The highest BCUT2D eigenvalue weighted by Gasteiger charge is 2.06. The van der Waals surface area contributed by atoms with Crippen LogP contribution in [0.1, 0.15) is 11.3 Å². The predicted octanol–water partition coefficient (Wildman–Crippen LogP) is 2.33. The third-order valence-electron chi connectivity index (χ3n) is 2.58. The molecule has 2 aromatic rings. The minimum absolute atomic E-state index is 0.0355. The Bertz CT molecular complexity index is 471. The second kappa shape index (κ2) is 5.55. The number of pyridine rings is 1. The molecule has 0 fully saturated rings. The third kappa shape index (κ3) is 3.64. The van der Waals surface area contributed by atoms with Gasteiger partial charge < -0.3 is 5.73 Å². The van der Waals surface area contributed by atoms with Crippen LogP contribution in [0, 0.1) is 5.82 Å². The number of nitrogens with two attached hydrogens (primary N) is 1. The van der Waals surface area contributed by atoms with E-state index in [0.29, 0.717) is 12.8 Å². The molecule has 2 rings (SSSR count). The summed E-state index contributed by atoms with van der Waals surface area (Å²) >= 11 is 0. The highest BCUT2D eigenvalue weighted by atomic mass is 19.1. The van der Waals surface area contributed by atoms with Crippen molar-refractivity contribution in [3.05, 3.63) is 65.7 Å². The summed E-state index contributed by atoms with van der Waals surface area (Å²) in [5.74, 6) is -0.215. The van der Waals surface area contributed by atoms with Crippen LogP contribution in [0.3, 0.4) is 0 Å². The summed E-state index contributed by atoms with van der Waals surface area (Å²) < 4.78 is 13.0. The van der Waals surface area contributed by atoms with Crippen molar-refractivity contribution in [3.63, 3.8) is 0 Å². The average molecular weight is 230 g/mol. The van der Waals surface area contributed by atoms with Crippen LogP contribution in [-0.4, -0.2) is 11.0 Å². The van der Waals surface area contributed by atoms with Crippen LogP contribution in [-0.2, 0) is 12.8 Å². The van der Waals surface area contributed by atoms with E-state index in [2.05, 4.69) is 4.98 Å². The van der Waals surface area contributed by atoms with Gasteiger partial charge in [-0.15, -0.1) is 0 Å². The van der Waals surface area contributed by atoms with Gasteiger partial charge in [0.2, 0.25) is 0 Å². The SMILES string of the molecule is NC(Cc1cccc(F)c1)Cc1ccccn1. The summed E-state index contributed by atoms with van der Waals surface area (Å²) in [6.07, 6.45) is 3.12. The molecular formula is C14H15FN2. The molecule has 0 spiro atoms. The smallest absolute Gasteiger partial charge is 0.123 e. The van der Waals surface area contributed by atoms with Crippen LogP contribution < -0.4 is 5.73 Å². The lowest BCUT2D eigenvalue weighted by Gasteiger charge is -2.11. The third-order valence-corrected chi connectivity index (χ3v) is 2.58. The number of nitrogens with zero attached hydrogens (tertiary/aromatic N) is 1. The van der Waals surface area contributed by atoms with E-state index >= 15 is 0 Å². The van der Waals surface area contributed by atoms with E-state index in [1.54, 1.807) is 12.3 Å². The van der Waals surface area contributed by atoms with Gasteiger partial charge in [0.15, 0.2) is 0 Å². The maximum Gasteiger partial charge on any atom is 0.123 e. The van der Waals surface area contributed by atoms with Gasteiger partial charge in [0.1, 0.15) is 5.82 Å². The lowest BCUT2D eigenvalue weighted by molar-refractivity contribution is 0.616. The maximum atomic E-state index is 13.0. The molecule has 0 aliphatic carbocycles. The van der Waals surface area contributed by atoms with Crippen LogP contribution in [0.25, 0.3) is 0 Å². The summed E-state index contributed by atoms with van der Waals surface area (Å²) in [4.78, 5) is 4.22. The fourth-order valence-corrected chi connectivity index (χ4v) is 1.83. The van der Waals surface area contributed by atoms with Crippen LogP contribution >= 0.6 is 0 Å². The zero-order valence-electron chi connectivity index (χ0n) is 9.51. The Labute approximate surface area is 100 Å². The second-order valence-corrected chi connectivity index (χ2v) is 4.12. The lowest BCUT2D eigenvalue weighted by atomic mass is 10.0. The molecule has 0 radical (unpaired) electrons. The van der Waals surface area contributed by atoms with Crippen molar-refractivity contribution in [2.24, 2.45) is 5.73 Å². The Morgan fingerprint density at radius 2 is 2.00 bits per heavy atom. The minimum atomic E-state index is -0.215. The van der Waals surface area contributed by atoms with Gasteiger partial charge in [-0.25, -0.2) is 4.39 Å². The first-order valence-electron chi connectivity index (χ1n) is 5.64. The Hall–Kier alpha value is -1.74. The van der Waals surface area contributed by atoms with Crippen LogP contribution in [0.5, 0.6) is 0 Å². The molecule has 0 saturated carbocycles. The van der Waals surface area contributed by atoms with Crippen molar-refractivity contribution in [1.29, 1.82) is 0 Å². The van der Waals surface area contributed by atoms with Crippen molar-refractivity contribution in [2.45, 2.75) is 18.9 Å². The molecule has 0 saturated heterocycles. The molecular weight excluding hydrogens is 215 g/mol. The lowest BCUT2D eigenvalue weighted by Crippen LogP contribution is -2.25. The summed E-state index contributed by atoms with van der Waals surface area (Å²) in [5, 5.41) is 0. The van der Waals surface area contributed by atoms with Crippen LogP contribution in [0.4, 0.5) is 4.39 Å². The largest absolute Gasteiger partial charge is 0.327 e. The standard InChI is InChI=1S/C14H15FN2/c15-12-5-3-4-11(8-12)9-13(16)10-14-6-1-2-7-17-14/h1-8,13H,9-10,16H2. The molecule has 1 aromatic heterocycles. The highest BCUT2D eigenvalue weighted by Crippen LogP contribution is 2.08. The van der Waals surface area contributed by atoms with Gasteiger partial charge in [0.05, 0.1) is 0 Å². The Morgan fingerprint density at radius 1 is 1.12 bits per heavy atom. The Balaban J connectivity index is 1.96. The second-order valence-electron chi connectivity index (χ2n) is 4.12. The fraction of sp³-hybridized carbons (Fsp3) is 0.214. The van der Waals surface area contributed by atoms with Gasteiger partial charge in [0.25, 0.3) is 0 Å². The molecule has 2 nitrogen and oxygen atoms in total. The molecule has 1 unspecified atom stereocenters. The van der Waals surface area contributed by atoms with Crippen LogP contribution in [0.15, 0.2) is 48.7 Å². The van der Waals surface area contributed by atoms with Crippen molar-refractivity contribution < 1.29 is 4.39 Å². The predicted molar refractivity (Wildman–Crippen MR) is 66.0 cm³/mol. The van der Waals surface area contributed by atoms with E-state index < -0.39 is 0 Å². The van der Waals surface area contributed by atoms with Gasteiger partial charge in [0, 0.05) is 24.4 Å². The van der Waals surface area contributed by atoms with Crippen molar-refractivity contribution in [2.75, 3.05) is 0 Å². The van der Waals surface area contributed by atoms with Gasteiger partial charge in [-0.1, -0.05) is 18.2 Å². The number of benzene rings is 1. The average Bonchev–Trinajstić information content (AvgIpc) is 2.30. The number of hydrogen-bond donors (Lipinski definition) is 1. The molecule has 1 heterocycles. The van der Waals surface area contributed by atoms with Crippen molar-refractivity contribution in [3.8, 4) is 0 Å². The van der Waals surface area contributed by atoms with E-state index in [4.69, 9.17) is 5.73 Å². The van der Waals surface area contributed by atoms with E-state index in [-0.39, 0.29) is 11.9 Å². The molecule has 3 heteroatoms. The van der Waals surface area contributed by atoms with Crippen LogP contribution in [0.2, 0.25) is 0 Å². The summed E-state index contributed by atoms with van der Waals surface area (Å²) in [6.45, 7) is 0. The molecule has 17 heavy (non-hydrogen) atoms. The normalized spacial score (nSPS) is 12.4. The number of hydrogen-bond acceptors (Lipinski definition) is 2. The molecule has 2 N–H and O–H groups in total. The van der Waals surface area contributed by atoms with Gasteiger partial charge in [-0.2, -0.15) is 0 Å². The molecule has 1 atom stereocenters. The molecule has 0 bridgehead atoms. The quantitative estimate of drug-likeness (QED) is 0.875. The number of aromatic nitrogens is 1. The van der Waals surface area contributed by atoms with E-state index in [1.165, 1.54) is 12.1 Å². The summed E-state index contributed by atoms with van der Waals surface area (Å²) in [5.41, 5.74) is 7.92. The fourth-order valence-electron chi connectivity index (χ4n) is 1.83.